The highest BCUT2D eigenvalue weighted by Gasteiger charge is 2.15. The third kappa shape index (κ3) is 3.99. The number of hydrogen-bond donors (Lipinski definition) is 1. The van der Waals surface area contributed by atoms with Crippen molar-refractivity contribution in [2.45, 2.75) is 6.54 Å². The Bertz CT molecular complexity index is 1140. The Morgan fingerprint density at radius 2 is 1.86 bits per heavy atom. The van der Waals surface area contributed by atoms with Crippen molar-refractivity contribution >= 4 is 39.1 Å². The van der Waals surface area contributed by atoms with Crippen LogP contribution in [0.5, 0.6) is 0 Å². The van der Waals surface area contributed by atoms with E-state index in [0.717, 1.165) is 21.1 Å². The first-order valence-electron chi connectivity index (χ1n) is 8.65. The van der Waals surface area contributed by atoms with Gasteiger partial charge < -0.3 is 4.57 Å². The van der Waals surface area contributed by atoms with Crippen molar-refractivity contribution in [3.05, 3.63) is 83.0 Å². The third-order valence-corrected chi connectivity index (χ3v) is 4.65. The number of hydrazone groups is 1. The molecule has 4 rings (SSSR count). The van der Waals surface area contributed by atoms with E-state index < -0.39 is 0 Å². The average Bonchev–Trinajstić information content (AvgIpc) is 3.09. The number of rotatable bonds is 5. The van der Waals surface area contributed by atoms with E-state index in [-0.39, 0.29) is 12.5 Å². The maximum Gasteiger partial charge on any atom is 0.260 e. The zero-order valence-corrected chi connectivity index (χ0v) is 16.4. The summed E-state index contributed by atoms with van der Waals surface area (Å²) in [4.78, 5) is 21.5. The summed E-state index contributed by atoms with van der Waals surface area (Å²) < 4.78 is 2.84. The number of nitrogens with one attached hydrogen (secondary N) is 1. The molecule has 2 heterocycles. The van der Waals surface area contributed by atoms with Gasteiger partial charge in [-0.1, -0.05) is 46.3 Å². The maximum absolute atomic E-state index is 12.5. The molecule has 138 valence electrons. The molecular weight excluding hydrogens is 418 g/mol. The number of aromatic nitrogens is 3. The predicted octanol–water partition coefficient (Wildman–Crippen LogP) is 4.01. The predicted molar refractivity (Wildman–Crippen MR) is 113 cm³/mol. The summed E-state index contributed by atoms with van der Waals surface area (Å²) in [6, 6.07) is 21.0. The molecule has 0 atom stereocenters. The van der Waals surface area contributed by atoms with Gasteiger partial charge >= 0.3 is 0 Å². The van der Waals surface area contributed by atoms with Crippen molar-refractivity contribution in [1.29, 1.82) is 0 Å². The van der Waals surface area contributed by atoms with Crippen LogP contribution in [0.1, 0.15) is 5.56 Å². The van der Waals surface area contributed by atoms with Crippen molar-refractivity contribution in [3.63, 3.8) is 0 Å². The quantitative estimate of drug-likeness (QED) is 0.381. The highest BCUT2D eigenvalue weighted by atomic mass is 79.9. The number of nitrogens with zero attached hydrogens (tertiary/aromatic N) is 4. The topological polar surface area (TPSA) is 72.2 Å². The molecule has 0 unspecified atom stereocenters. The molecular formula is C21H16BrN5O. The third-order valence-electron chi connectivity index (χ3n) is 4.12. The largest absolute Gasteiger partial charge is 0.313 e. The normalized spacial score (nSPS) is 11.2. The van der Waals surface area contributed by atoms with E-state index >= 15 is 0 Å². The lowest BCUT2D eigenvalue weighted by Gasteiger charge is -2.07. The SMILES string of the molecule is O=C(Cn1c(-c2ccccn2)nc2ccccc21)N/N=C/c1ccc(Br)cc1. The van der Waals surface area contributed by atoms with Crippen LogP contribution < -0.4 is 5.43 Å². The lowest BCUT2D eigenvalue weighted by atomic mass is 10.2. The van der Waals surface area contributed by atoms with Crippen molar-refractivity contribution in [3.8, 4) is 11.5 Å². The van der Waals surface area contributed by atoms with Crippen LogP contribution >= 0.6 is 15.9 Å². The molecule has 0 saturated heterocycles. The second kappa shape index (κ2) is 8.14. The molecule has 2 aromatic carbocycles. The van der Waals surface area contributed by atoms with Gasteiger partial charge in [0, 0.05) is 10.7 Å². The molecule has 0 bridgehead atoms. The van der Waals surface area contributed by atoms with Crippen LogP contribution in [0.2, 0.25) is 0 Å². The number of amides is 1. The average molecular weight is 434 g/mol. The second-order valence-corrected chi connectivity index (χ2v) is 6.99. The van der Waals surface area contributed by atoms with Gasteiger partial charge in [-0.15, -0.1) is 0 Å². The van der Waals surface area contributed by atoms with Crippen molar-refractivity contribution in [2.75, 3.05) is 0 Å². The summed E-state index contributed by atoms with van der Waals surface area (Å²) in [5, 5.41) is 4.05. The van der Waals surface area contributed by atoms with E-state index in [1.54, 1.807) is 12.4 Å². The molecule has 1 N–H and O–H groups in total. The van der Waals surface area contributed by atoms with Crippen molar-refractivity contribution < 1.29 is 4.79 Å². The standard InChI is InChI=1S/C21H16BrN5O/c22-16-10-8-15(9-11-16)13-24-26-20(28)14-27-19-7-2-1-5-17(19)25-21(27)18-6-3-4-12-23-18/h1-13H,14H2,(H,26,28)/b24-13+. The molecule has 0 radical (unpaired) electrons. The summed E-state index contributed by atoms with van der Waals surface area (Å²) in [5.74, 6) is 0.405. The molecule has 0 spiro atoms. The maximum atomic E-state index is 12.5. The summed E-state index contributed by atoms with van der Waals surface area (Å²) in [6.45, 7) is 0.0874. The number of fused-ring (bicyclic) bond motifs is 1. The Balaban J connectivity index is 1.56. The van der Waals surface area contributed by atoms with Gasteiger partial charge in [0.2, 0.25) is 0 Å². The molecule has 1 amide bonds. The molecule has 0 aliphatic heterocycles. The summed E-state index contributed by atoms with van der Waals surface area (Å²) >= 11 is 3.39. The molecule has 28 heavy (non-hydrogen) atoms. The number of pyridine rings is 1. The van der Waals surface area contributed by atoms with Crippen LogP contribution in [-0.2, 0) is 11.3 Å². The minimum absolute atomic E-state index is 0.0874. The van der Waals surface area contributed by atoms with Crippen LogP contribution in [-0.4, -0.2) is 26.7 Å². The minimum Gasteiger partial charge on any atom is -0.313 e. The number of hydrogen-bond acceptors (Lipinski definition) is 4. The van der Waals surface area contributed by atoms with Crippen molar-refractivity contribution in [2.24, 2.45) is 5.10 Å². The van der Waals surface area contributed by atoms with Crippen LogP contribution in [0, 0.1) is 0 Å². The first-order valence-corrected chi connectivity index (χ1v) is 9.44. The summed E-state index contributed by atoms with van der Waals surface area (Å²) in [6.07, 6.45) is 3.32. The van der Waals surface area contributed by atoms with E-state index in [1.807, 2.05) is 71.3 Å². The zero-order valence-electron chi connectivity index (χ0n) is 14.8. The lowest BCUT2D eigenvalue weighted by molar-refractivity contribution is -0.121. The molecule has 7 heteroatoms. The van der Waals surface area contributed by atoms with Crippen LogP contribution in [0.4, 0.5) is 0 Å². The summed E-state index contributed by atoms with van der Waals surface area (Å²) in [7, 11) is 0. The fraction of sp³-hybridized carbons (Fsp3) is 0.0476. The number of benzene rings is 2. The number of imidazole rings is 1. The number of carbonyl (C=O) groups is 1. The minimum atomic E-state index is -0.242. The van der Waals surface area contributed by atoms with Crippen molar-refractivity contribution in [1.82, 2.24) is 20.0 Å². The fourth-order valence-electron chi connectivity index (χ4n) is 2.83. The number of halogens is 1. The van der Waals surface area contributed by atoms with Gasteiger partial charge in [-0.05, 0) is 42.0 Å². The second-order valence-electron chi connectivity index (χ2n) is 6.07. The van der Waals surface area contributed by atoms with Gasteiger partial charge in [0.05, 0.1) is 17.2 Å². The molecule has 0 saturated carbocycles. The Kier molecular flexibility index (Phi) is 5.25. The highest BCUT2D eigenvalue weighted by molar-refractivity contribution is 9.10. The van der Waals surface area contributed by atoms with Crippen LogP contribution in [0.25, 0.3) is 22.6 Å². The zero-order chi connectivity index (χ0) is 19.3. The molecule has 0 aliphatic rings. The van der Waals surface area contributed by atoms with Gasteiger partial charge in [-0.2, -0.15) is 5.10 Å². The first-order chi connectivity index (χ1) is 13.7. The van der Waals surface area contributed by atoms with E-state index in [1.165, 1.54) is 0 Å². The Labute approximate surface area is 170 Å². The van der Waals surface area contributed by atoms with E-state index in [0.29, 0.717) is 11.5 Å². The molecule has 2 aromatic heterocycles. The van der Waals surface area contributed by atoms with Gasteiger partial charge in [0.1, 0.15) is 12.2 Å². The number of carbonyl (C=O) groups excluding carboxylic acids is 1. The molecule has 0 fully saturated rings. The van der Waals surface area contributed by atoms with Gasteiger partial charge in [-0.25, -0.2) is 10.4 Å². The Morgan fingerprint density at radius 3 is 2.64 bits per heavy atom. The molecule has 0 aliphatic carbocycles. The highest BCUT2D eigenvalue weighted by Crippen LogP contribution is 2.23. The Morgan fingerprint density at radius 1 is 1.07 bits per heavy atom. The summed E-state index contributed by atoms with van der Waals surface area (Å²) in [5.41, 5.74) is 5.87. The molecule has 6 nitrogen and oxygen atoms in total. The van der Waals surface area contributed by atoms with E-state index in [9.17, 15) is 4.79 Å². The monoisotopic (exact) mass is 433 g/mol. The van der Waals surface area contributed by atoms with Gasteiger partial charge in [0.15, 0.2) is 5.82 Å². The lowest BCUT2D eigenvalue weighted by Crippen LogP contribution is -2.23. The van der Waals surface area contributed by atoms with Crippen LogP contribution in [0.15, 0.2) is 82.5 Å². The van der Waals surface area contributed by atoms with Gasteiger partial charge in [0.25, 0.3) is 5.91 Å². The first kappa shape index (κ1) is 18.1. The smallest absolute Gasteiger partial charge is 0.260 e. The number of para-hydroxylation sites is 2. The Hall–Kier alpha value is -3.32. The van der Waals surface area contributed by atoms with E-state index in [2.05, 4.69) is 36.4 Å². The fourth-order valence-corrected chi connectivity index (χ4v) is 3.10. The van der Waals surface area contributed by atoms with Gasteiger partial charge in [-0.3, -0.25) is 9.78 Å². The van der Waals surface area contributed by atoms with E-state index in [4.69, 9.17) is 0 Å². The molecule has 4 aromatic rings. The van der Waals surface area contributed by atoms with Crippen LogP contribution in [0.3, 0.4) is 0 Å².